The Morgan fingerprint density at radius 1 is 1.11 bits per heavy atom. The third-order valence-electron chi connectivity index (χ3n) is 3.13. The summed E-state index contributed by atoms with van der Waals surface area (Å²) in [5.41, 5.74) is 2.35. The van der Waals surface area contributed by atoms with Gasteiger partial charge in [0.2, 0.25) is 0 Å². The summed E-state index contributed by atoms with van der Waals surface area (Å²) in [6.07, 6.45) is 8.19. The van der Waals surface area contributed by atoms with Crippen molar-refractivity contribution in [3.05, 3.63) is 46.2 Å². The average molecular weight is 322 g/mol. The maximum Gasteiger partial charge on any atom is 0.0827 e. The minimum atomic E-state index is 0.787. The van der Waals surface area contributed by atoms with Crippen molar-refractivity contribution in [3.63, 3.8) is 0 Å². The fourth-order valence-corrected chi connectivity index (χ4v) is 2.30. The fraction of sp³-hybridized carbons (Fsp3) is 0.467. The van der Waals surface area contributed by atoms with Crippen LogP contribution in [0.15, 0.2) is 34.9 Å². The molecule has 0 fully saturated rings. The van der Waals surface area contributed by atoms with Crippen LogP contribution in [0.5, 0.6) is 0 Å². The van der Waals surface area contributed by atoms with Crippen molar-refractivity contribution in [3.8, 4) is 0 Å². The van der Waals surface area contributed by atoms with E-state index < -0.39 is 0 Å². The number of benzene rings is 1. The molecule has 0 aliphatic heterocycles. The average Bonchev–Trinajstić information content (AvgIpc) is 2.85. The van der Waals surface area contributed by atoms with Crippen LogP contribution in [0.4, 0.5) is 0 Å². The van der Waals surface area contributed by atoms with Crippen LogP contribution in [0.25, 0.3) is 0 Å². The van der Waals surface area contributed by atoms with E-state index in [1.807, 2.05) is 4.68 Å². The second-order valence-corrected chi connectivity index (χ2v) is 5.76. The number of halogens is 1. The molecule has 1 aromatic carbocycles. The predicted octanol–water partition coefficient (Wildman–Crippen LogP) is 4.21. The van der Waals surface area contributed by atoms with Crippen molar-refractivity contribution in [1.29, 1.82) is 0 Å². The molecule has 4 heteroatoms. The molecular formula is C15H20BrN3. The van der Waals surface area contributed by atoms with Gasteiger partial charge in [0, 0.05) is 10.7 Å². The van der Waals surface area contributed by atoms with Gasteiger partial charge in [-0.2, -0.15) is 0 Å². The molecule has 0 saturated heterocycles. The fourth-order valence-electron chi connectivity index (χ4n) is 2.04. The first kappa shape index (κ1) is 14.3. The highest BCUT2D eigenvalue weighted by Gasteiger charge is 2.01. The maximum absolute atomic E-state index is 4.23. The smallest absolute Gasteiger partial charge is 0.0827 e. The zero-order valence-corrected chi connectivity index (χ0v) is 12.9. The summed E-state index contributed by atoms with van der Waals surface area (Å²) in [5, 5.41) is 8.42. The molecule has 19 heavy (non-hydrogen) atoms. The number of nitrogens with zero attached hydrogens (tertiary/aromatic N) is 3. The molecule has 2 rings (SSSR count). The topological polar surface area (TPSA) is 30.7 Å². The van der Waals surface area contributed by atoms with Gasteiger partial charge in [-0.1, -0.05) is 59.5 Å². The second-order valence-electron chi connectivity index (χ2n) is 4.84. The van der Waals surface area contributed by atoms with Crippen LogP contribution in [-0.2, 0) is 13.0 Å². The van der Waals surface area contributed by atoms with E-state index in [1.165, 1.54) is 31.2 Å². The Morgan fingerprint density at radius 2 is 1.89 bits per heavy atom. The van der Waals surface area contributed by atoms with Crippen LogP contribution in [-0.4, -0.2) is 15.0 Å². The highest BCUT2D eigenvalue weighted by atomic mass is 79.9. The first-order valence-electron chi connectivity index (χ1n) is 6.91. The van der Waals surface area contributed by atoms with E-state index in [0.29, 0.717) is 0 Å². The molecule has 0 saturated carbocycles. The van der Waals surface area contributed by atoms with Gasteiger partial charge in [-0.15, -0.1) is 5.10 Å². The molecule has 2 aromatic rings. The van der Waals surface area contributed by atoms with Crippen molar-refractivity contribution < 1.29 is 0 Å². The molecule has 0 radical (unpaired) electrons. The lowest BCUT2D eigenvalue weighted by Crippen LogP contribution is -2.00. The highest BCUT2D eigenvalue weighted by molar-refractivity contribution is 9.10. The summed E-state index contributed by atoms with van der Waals surface area (Å²) >= 11 is 3.44. The normalized spacial score (nSPS) is 10.8. The quantitative estimate of drug-likeness (QED) is 0.715. The number of aromatic nitrogens is 3. The van der Waals surface area contributed by atoms with Gasteiger partial charge >= 0.3 is 0 Å². The largest absolute Gasteiger partial charge is 0.248 e. The molecule has 0 bridgehead atoms. The van der Waals surface area contributed by atoms with Gasteiger partial charge in [-0.3, -0.25) is 0 Å². The van der Waals surface area contributed by atoms with Crippen molar-refractivity contribution in [2.75, 3.05) is 0 Å². The third kappa shape index (κ3) is 4.78. The zero-order chi connectivity index (χ0) is 13.5. The second kappa shape index (κ2) is 7.43. The number of hydrogen-bond acceptors (Lipinski definition) is 2. The molecule has 0 N–H and O–H groups in total. The Morgan fingerprint density at radius 3 is 2.63 bits per heavy atom. The molecule has 1 aromatic heterocycles. The van der Waals surface area contributed by atoms with Gasteiger partial charge in [0.1, 0.15) is 0 Å². The van der Waals surface area contributed by atoms with E-state index in [2.05, 4.69) is 63.6 Å². The van der Waals surface area contributed by atoms with Gasteiger partial charge in [0.25, 0.3) is 0 Å². The van der Waals surface area contributed by atoms with Crippen LogP contribution >= 0.6 is 15.9 Å². The van der Waals surface area contributed by atoms with E-state index in [1.54, 1.807) is 0 Å². The summed E-state index contributed by atoms with van der Waals surface area (Å²) in [4.78, 5) is 0. The SMILES string of the molecule is CCCCCCc1cn(Cc2ccc(Br)cc2)nn1. The molecular weight excluding hydrogens is 302 g/mol. The van der Waals surface area contributed by atoms with E-state index in [-0.39, 0.29) is 0 Å². The maximum atomic E-state index is 4.23. The summed E-state index contributed by atoms with van der Waals surface area (Å²) < 4.78 is 3.02. The van der Waals surface area contributed by atoms with E-state index in [4.69, 9.17) is 0 Å². The summed E-state index contributed by atoms with van der Waals surface area (Å²) in [5.74, 6) is 0. The molecule has 0 atom stereocenters. The molecule has 102 valence electrons. The van der Waals surface area contributed by atoms with Crippen LogP contribution < -0.4 is 0 Å². The van der Waals surface area contributed by atoms with E-state index >= 15 is 0 Å². The number of rotatable bonds is 7. The first-order chi connectivity index (χ1) is 9.28. The molecule has 0 aliphatic carbocycles. The Kier molecular flexibility index (Phi) is 5.58. The molecule has 0 aliphatic rings. The van der Waals surface area contributed by atoms with Gasteiger partial charge in [-0.25, -0.2) is 4.68 Å². The minimum absolute atomic E-state index is 0.787. The highest BCUT2D eigenvalue weighted by Crippen LogP contribution is 2.11. The van der Waals surface area contributed by atoms with Crippen molar-refractivity contribution in [1.82, 2.24) is 15.0 Å². The van der Waals surface area contributed by atoms with Crippen LogP contribution in [0, 0.1) is 0 Å². The van der Waals surface area contributed by atoms with Gasteiger partial charge in [0.15, 0.2) is 0 Å². The lowest BCUT2D eigenvalue weighted by Gasteiger charge is -2.00. The Bertz CT molecular complexity index is 490. The van der Waals surface area contributed by atoms with Crippen molar-refractivity contribution in [2.45, 2.75) is 45.6 Å². The van der Waals surface area contributed by atoms with Crippen LogP contribution in [0.1, 0.15) is 43.9 Å². The summed E-state index contributed by atoms with van der Waals surface area (Å²) in [7, 11) is 0. The van der Waals surface area contributed by atoms with E-state index in [0.717, 1.165) is 23.1 Å². The van der Waals surface area contributed by atoms with Crippen LogP contribution in [0.2, 0.25) is 0 Å². The number of unbranched alkanes of at least 4 members (excludes halogenated alkanes) is 3. The summed E-state index contributed by atoms with van der Waals surface area (Å²) in [6, 6.07) is 8.31. The zero-order valence-electron chi connectivity index (χ0n) is 11.3. The Hall–Kier alpha value is -1.16. The molecule has 1 heterocycles. The molecule has 0 amide bonds. The number of hydrogen-bond donors (Lipinski definition) is 0. The van der Waals surface area contributed by atoms with Gasteiger partial charge in [0.05, 0.1) is 12.2 Å². The summed E-state index contributed by atoms with van der Waals surface area (Å²) in [6.45, 7) is 3.02. The van der Waals surface area contributed by atoms with Gasteiger partial charge in [-0.05, 0) is 30.5 Å². The lowest BCUT2D eigenvalue weighted by molar-refractivity contribution is 0.646. The lowest BCUT2D eigenvalue weighted by atomic mass is 10.1. The predicted molar refractivity (Wildman–Crippen MR) is 81.1 cm³/mol. The monoisotopic (exact) mass is 321 g/mol. The standard InChI is InChI=1S/C15H20BrN3/c1-2-3-4-5-6-15-12-19(18-17-15)11-13-7-9-14(16)10-8-13/h7-10,12H,2-6,11H2,1H3. The number of aryl methyl sites for hydroxylation is 1. The van der Waals surface area contributed by atoms with Crippen molar-refractivity contribution >= 4 is 15.9 Å². The minimum Gasteiger partial charge on any atom is -0.248 e. The van der Waals surface area contributed by atoms with E-state index in [9.17, 15) is 0 Å². The molecule has 3 nitrogen and oxygen atoms in total. The Labute approximate surface area is 123 Å². The Balaban J connectivity index is 1.85. The molecule has 0 unspecified atom stereocenters. The molecule has 0 spiro atoms. The third-order valence-corrected chi connectivity index (χ3v) is 3.66. The van der Waals surface area contributed by atoms with Crippen molar-refractivity contribution in [2.24, 2.45) is 0 Å². The van der Waals surface area contributed by atoms with Gasteiger partial charge < -0.3 is 0 Å². The first-order valence-corrected chi connectivity index (χ1v) is 7.70. The van der Waals surface area contributed by atoms with Crippen LogP contribution in [0.3, 0.4) is 0 Å².